The molecule has 2 rings (SSSR count). The molecular formula is C14H17BrClNO. The Labute approximate surface area is 121 Å². The third kappa shape index (κ3) is 2.89. The van der Waals surface area contributed by atoms with Crippen LogP contribution in [0.1, 0.15) is 36.0 Å². The zero-order valence-corrected chi connectivity index (χ0v) is 12.7. The fraction of sp³-hybridized carbons (Fsp3) is 0.500. The van der Waals surface area contributed by atoms with Gasteiger partial charge in [0.1, 0.15) is 0 Å². The predicted molar refractivity (Wildman–Crippen MR) is 78.5 cm³/mol. The maximum atomic E-state index is 12.4. The van der Waals surface area contributed by atoms with Crippen molar-refractivity contribution in [2.24, 2.45) is 0 Å². The molecule has 1 fully saturated rings. The van der Waals surface area contributed by atoms with E-state index >= 15 is 0 Å². The summed E-state index contributed by atoms with van der Waals surface area (Å²) in [5.41, 5.74) is 0.590. The molecule has 0 saturated heterocycles. The highest BCUT2D eigenvalue weighted by Crippen LogP contribution is 2.29. The normalized spacial score (nSPS) is 23.7. The lowest BCUT2D eigenvalue weighted by Crippen LogP contribution is -2.44. The van der Waals surface area contributed by atoms with Crippen molar-refractivity contribution in [2.75, 3.05) is 7.05 Å². The zero-order valence-electron chi connectivity index (χ0n) is 10.4. The van der Waals surface area contributed by atoms with E-state index in [1.54, 1.807) is 12.1 Å². The SMILES string of the molecule is CN(C(=O)c1ccccc1Cl)C1CCCCC1Br. The molecule has 98 valence electrons. The number of carbonyl (C=O) groups is 1. The van der Waals surface area contributed by atoms with Gasteiger partial charge in [-0.3, -0.25) is 4.79 Å². The van der Waals surface area contributed by atoms with Gasteiger partial charge >= 0.3 is 0 Å². The molecule has 0 radical (unpaired) electrons. The minimum Gasteiger partial charge on any atom is -0.338 e. The summed E-state index contributed by atoms with van der Waals surface area (Å²) in [5.74, 6) is 0.0111. The molecule has 0 aliphatic heterocycles. The first kappa shape index (κ1) is 13.9. The molecule has 1 aromatic rings. The highest BCUT2D eigenvalue weighted by molar-refractivity contribution is 9.09. The van der Waals surface area contributed by atoms with Crippen LogP contribution < -0.4 is 0 Å². The van der Waals surface area contributed by atoms with Gasteiger partial charge in [-0.05, 0) is 25.0 Å². The van der Waals surface area contributed by atoms with Crippen LogP contribution in [0.4, 0.5) is 0 Å². The van der Waals surface area contributed by atoms with Crippen molar-refractivity contribution >= 4 is 33.4 Å². The van der Waals surface area contributed by atoms with E-state index in [9.17, 15) is 4.79 Å². The number of nitrogens with zero attached hydrogens (tertiary/aromatic N) is 1. The largest absolute Gasteiger partial charge is 0.338 e. The molecule has 1 amide bonds. The lowest BCUT2D eigenvalue weighted by Gasteiger charge is -2.35. The first-order valence-corrected chi connectivity index (χ1v) is 7.56. The van der Waals surface area contributed by atoms with E-state index < -0.39 is 0 Å². The number of amides is 1. The molecule has 2 nitrogen and oxygen atoms in total. The molecule has 0 spiro atoms. The van der Waals surface area contributed by atoms with Gasteiger partial charge in [0.15, 0.2) is 0 Å². The van der Waals surface area contributed by atoms with Crippen LogP contribution in [0.3, 0.4) is 0 Å². The molecule has 1 aliphatic carbocycles. The number of benzene rings is 1. The van der Waals surface area contributed by atoms with Crippen LogP contribution in [-0.4, -0.2) is 28.7 Å². The lowest BCUT2D eigenvalue weighted by atomic mass is 9.94. The maximum absolute atomic E-state index is 12.4. The smallest absolute Gasteiger partial charge is 0.255 e. The molecule has 1 aromatic carbocycles. The summed E-state index contributed by atoms with van der Waals surface area (Å²) in [6.07, 6.45) is 4.61. The van der Waals surface area contributed by atoms with Crippen molar-refractivity contribution < 1.29 is 4.79 Å². The first-order valence-electron chi connectivity index (χ1n) is 6.27. The predicted octanol–water partition coefficient (Wildman–Crippen LogP) is 4.12. The maximum Gasteiger partial charge on any atom is 0.255 e. The molecule has 18 heavy (non-hydrogen) atoms. The van der Waals surface area contributed by atoms with Crippen LogP contribution in [0.5, 0.6) is 0 Å². The van der Waals surface area contributed by atoms with E-state index in [1.807, 2.05) is 24.1 Å². The molecule has 4 heteroatoms. The van der Waals surface area contributed by atoms with Crippen molar-refractivity contribution in [3.8, 4) is 0 Å². The summed E-state index contributed by atoms with van der Waals surface area (Å²) in [6.45, 7) is 0. The van der Waals surface area contributed by atoms with Crippen molar-refractivity contribution in [1.82, 2.24) is 4.90 Å². The number of hydrogen-bond donors (Lipinski definition) is 0. The van der Waals surface area contributed by atoms with Gasteiger partial charge in [-0.2, -0.15) is 0 Å². The quantitative estimate of drug-likeness (QED) is 0.747. The first-order chi connectivity index (χ1) is 8.61. The lowest BCUT2D eigenvalue weighted by molar-refractivity contribution is 0.0705. The van der Waals surface area contributed by atoms with Gasteiger partial charge in [0.2, 0.25) is 0 Å². The van der Waals surface area contributed by atoms with E-state index in [2.05, 4.69) is 15.9 Å². The summed E-state index contributed by atoms with van der Waals surface area (Å²) in [5, 5.41) is 0.524. The summed E-state index contributed by atoms with van der Waals surface area (Å²) < 4.78 is 0. The zero-order chi connectivity index (χ0) is 13.1. The van der Waals surface area contributed by atoms with Gasteiger partial charge in [0.05, 0.1) is 10.6 Å². The van der Waals surface area contributed by atoms with Crippen molar-refractivity contribution in [3.05, 3.63) is 34.9 Å². The molecule has 2 unspecified atom stereocenters. The minimum atomic E-state index is 0.0111. The number of alkyl halides is 1. The summed E-state index contributed by atoms with van der Waals surface area (Å²) in [6, 6.07) is 7.50. The number of halogens is 2. The molecule has 1 saturated carbocycles. The molecule has 0 heterocycles. The Morgan fingerprint density at radius 3 is 2.67 bits per heavy atom. The van der Waals surface area contributed by atoms with Crippen LogP contribution in [0, 0.1) is 0 Å². The molecular weight excluding hydrogens is 314 g/mol. The van der Waals surface area contributed by atoms with Crippen molar-refractivity contribution in [3.63, 3.8) is 0 Å². The van der Waals surface area contributed by atoms with Gasteiger partial charge < -0.3 is 4.90 Å². The highest BCUT2D eigenvalue weighted by atomic mass is 79.9. The summed E-state index contributed by atoms with van der Waals surface area (Å²) in [4.78, 5) is 14.7. The molecule has 0 N–H and O–H groups in total. The van der Waals surface area contributed by atoms with E-state index in [0.717, 1.165) is 12.8 Å². The van der Waals surface area contributed by atoms with Crippen molar-refractivity contribution in [1.29, 1.82) is 0 Å². The summed E-state index contributed by atoms with van der Waals surface area (Å²) >= 11 is 9.77. The Hall–Kier alpha value is -0.540. The van der Waals surface area contributed by atoms with Crippen LogP contribution >= 0.6 is 27.5 Å². The fourth-order valence-corrected chi connectivity index (χ4v) is 3.64. The second-order valence-corrected chi connectivity index (χ2v) is 6.35. The molecule has 0 aromatic heterocycles. The summed E-state index contributed by atoms with van der Waals surface area (Å²) in [7, 11) is 1.87. The van der Waals surface area contributed by atoms with Gasteiger partial charge in [-0.25, -0.2) is 0 Å². The monoisotopic (exact) mass is 329 g/mol. The second-order valence-electron chi connectivity index (χ2n) is 4.76. The van der Waals surface area contributed by atoms with Crippen LogP contribution in [0.2, 0.25) is 5.02 Å². The Morgan fingerprint density at radius 2 is 2.00 bits per heavy atom. The third-order valence-corrected chi connectivity index (χ3v) is 4.97. The third-order valence-electron chi connectivity index (χ3n) is 3.57. The number of rotatable bonds is 2. The molecule has 1 aliphatic rings. The fourth-order valence-electron chi connectivity index (χ4n) is 2.48. The number of carbonyl (C=O) groups excluding carboxylic acids is 1. The number of hydrogen-bond acceptors (Lipinski definition) is 1. The van der Waals surface area contributed by atoms with E-state index in [4.69, 9.17) is 11.6 Å². The minimum absolute atomic E-state index is 0.0111. The topological polar surface area (TPSA) is 20.3 Å². The van der Waals surface area contributed by atoms with Crippen molar-refractivity contribution in [2.45, 2.75) is 36.6 Å². The molecule has 2 atom stereocenters. The van der Waals surface area contributed by atoms with Crippen LogP contribution in [-0.2, 0) is 0 Å². The van der Waals surface area contributed by atoms with Gasteiger partial charge in [0.25, 0.3) is 5.91 Å². The highest BCUT2D eigenvalue weighted by Gasteiger charge is 2.30. The average molecular weight is 331 g/mol. The van der Waals surface area contributed by atoms with Gasteiger partial charge in [0, 0.05) is 17.9 Å². The van der Waals surface area contributed by atoms with E-state index in [0.29, 0.717) is 15.4 Å². The second kappa shape index (κ2) is 6.07. The Kier molecular flexibility index (Phi) is 4.68. The van der Waals surface area contributed by atoms with E-state index in [-0.39, 0.29) is 11.9 Å². The average Bonchev–Trinajstić information content (AvgIpc) is 2.38. The van der Waals surface area contributed by atoms with E-state index in [1.165, 1.54) is 12.8 Å². The van der Waals surface area contributed by atoms with Crippen LogP contribution in [0.25, 0.3) is 0 Å². The standard InChI is InChI=1S/C14H17BrClNO/c1-17(13-9-5-3-7-11(13)15)14(18)10-6-2-4-8-12(10)16/h2,4,6,8,11,13H,3,5,7,9H2,1H3. The molecule has 0 bridgehead atoms. The Bertz CT molecular complexity index is 438. The van der Waals surface area contributed by atoms with Gasteiger partial charge in [-0.15, -0.1) is 0 Å². The van der Waals surface area contributed by atoms with Crippen LogP contribution in [0.15, 0.2) is 24.3 Å². The Morgan fingerprint density at radius 1 is 1.33 bits per heavy atom. The Balaban J connectivity index is 2.16. The van der Waals surface area contributed by atoms with Gasteiger partial charge in [-0.1, -0.05) is 52.5 Å².